The predicted octanol–water partition coefficient (Wildman–Crippen LogP) is 2.22. The third-order valence-electron chi connectivity index (χ3n) is 2.99. The second kappa shape index (κ2) is 4.45. The first kappa shape index (κ1) is 11.5. The van der Waals surface area contributed by atoms with Gasteiger partial charge >= 0.3 is 0 Å². The Kier molecular flexibility index (Phi) is 3.00. The van der Waals surface area contributed by atoms with Crippen molar-refractivity contribution in [3.8, 4) is 0 Å². The van der Waals surface area contributed by atoms with E-state index in [2.05, 4.69) is 0 Å². The third-order valence-corrected chi connectivity index (χ3v) is 2.99. The van der Waals surface area contributed by atoms with Gasteiger partial charge in [0.2, 0.25) is 0 Å². The molecule has 1 aliphatic rings. The van der Waals surface area contributed by atoms with Gasteiger partial charge in [-0.3, -0.25) is 9.59 Å². The maximum absolute atomic E-state index is 12.1. The SMILES string of the molecule is CCC(C=O)C1=CC(=O)c2ccccc2C1=O. The van der Waals surface area contributed by atoms with E-state index in [0.717, 1.165) is 6.29 Å². The first-order chi connectivity index (χ1) is 8.19. The highest BCUT2D eigenvalue weighted by Gasteiger charge is 2.28. The molecule has 1 atom stereocenters. The molecule has 1 aliphatic carbocycles. The van der Waals surface area contributed by atoms with Gasteiger partial charge in [0.05, 0.1) is 0 Å². The molecule has 3 heteroatoms. The lowest BCUT2D eigenvalue weighted by molar-refractivity contribution is -0.110. The van der Waals surface area contributed by atoms with Crippen LogP contribution in [0.4, 0.5) is 0 Å². The summed E-state index contributed by atoms with van der Waals surface area (Å²) >= 11 is 0. The lowest BCUT2D eigenvalue weighted by Gasteiger charge is -2.17. The third kappa shape index (κ3) is 1.84. The number of aldehydes is 1. The van der Waals surface area contributed by atoms with E-state index in [1.807, 2.05) is 6.92 Å². The standard InChI is InChI=1S/C14H12O3/c1-2-9(8-15)12-7-13(16)10-5-3-4-6-11(10)14(12)17/h3-9H,2H2,1H3. The second-order valence-corrected chi connectivity index (χ2v) is 3.99. The molecular weight excluding hydrogens is 216 g/mol. The van der Waals surface area contributed by atoms with Crippen LogP contribution in [0.25, 0.3) is 0 Å². The van der Waals surface area contributed by atoms with Gasteiger partial charge in [-0.1, -0.05) is 31.2 Å². The number of rotatable bonds is 3. The minimum atomic E-state index is -0.486. The van der Waals surface area contributed by atoms with Gasteiger partial charge in [-0.25, -0.2) is 0 Å². The molecule has 86 valence electrons. The summed E-state index contributed by atoms with van der Waals surface area (Å²) in [6.45, 7) is 1.82. The zero-order valence-electron chi connectivity index (χ0n) is 9.47. The molecule has 0 fully saturated rings. The molecule has 17 heavy (non-hydrogen) atoms. The molecule has 0 saturated heterocycles. The Hall–Kier alpha value is -2.03. The van der Waals surface area contributed by atoms with Gasteiger partial charge in [-0.2, -0.15) is 0 Å². The molecule has 0 radical (unpaired) electrons. The average molecular weight is 228 g/mol. The number of fused-ring (bicyclic) bond motifs is 1. The summed E-state index contributed by atoms with van der Waals surface area (Å²) in [5.41, 5.74) is 1.13. The van der Waals surface area contributed by atoms with E-state index in [4.69, 9.17) is 0 Å². The topological polar surface area (TPSA) is 51.2 Å². The number of carbonyl (C=O) groups excluding carboxylic acids is 3. The normalized spacial score (nSPS) is 16.2. The molecule has 0 spiro atoms. The molecular formula is C14H12O3. The number of carbonyl (C=O) groups is 3. The first-order valence-electron chi connectivity index (χ1n) is 5.54. The Morgan fingerprint density at radius 1 is 1.18 bits per heavy atom. The lowest BCUT2D eigenvalue weighted by Crippen LogP contribution is -2.22. The van der Waals surface area contributed by atoms with Gasteiger partial charge in [-0.15, -0.1) is 0 Å². The van der Waals surface area contributed by atoms with Crippen LogP contribution in [0.5, 0.6) is 0 Å². The van der Waals surface area contributed by atoms with Crippen LogP contribution in [-0.4, -0.2) is 17.9 Å². The Morgan fingerprint density at radius 3 is 2.41 bits per heavy atom. The van der Waals surface area contributed by atoms with Crippen LogP contribution < -0.4 is 0 Å². The number of benzene rings is 1. The van der Waals surface area contributed by atoms with Gasteiger partial charge in [0.15, 0.2) is 11.6 Å². The fourth-order valence-electron chi connectivity index (χ4n) is 2.00. The number of ketones is 2. The highest BCUT2D eigenvalue weighted by Crippen LogP contribution is 2.26. The Morgan fingerprint density at radius 2 is 1.82 bits per heavy atom. The Labute approximate surface area is 99.1 Å². The van der Waals surface area contributed by atoms with Crippen LogP contribution in [0.3, 0.4) is 0 Å². The number of hydrogen-bond donors (Lipinski definition) is 0. The van der Waals surface area contributed by atoms with Crippen LogP contribution >= 0.6 is 0 Å². The summed E-state index contributed by atoms with van der Waals surface area (Å²) in [6, 6.07) is 6.69. The van der Waals surface area contributed by atoms with Gasteiger partial charge < -0.3 is 4.79 Å². The molecule has 1 aromatic rings. The largest absolute Gasteiger partial charge is 0.303 e. The van der Waals surface area contributed by atoms with Gasteiger partial charge in [0.25, 0.3) is 0 Å². The van der Waals surface area contributed by atoms with Crippen molar-refractivity contribution in [1.29, 1.82) is 0 Å². The van der Waals surface area contributed by atoms with Crippen LogP contribution in [0, 0.1) is 5.92 Å². The lowest BCUT2D eigenvalue weighted by atomic mass is 9.83. The summed E-state index contributed by atoms with van der Waals surface area (Å²) in [5, 5.41) is 0. The molecule has 1 unspecified atom stereocenters. The molecule has 1 aromatic carbocycles. The van der Waals surface area contributed by atoms with E-state index in [9.17, 15) is 14.4 Å². The van der Waals surface area contributed by atoms with Crippen LogP contribution in [0.1, 0.15) is 34.1 Å². The molecule has 0 heterocycles. The number of allylic oxidation sites excluding steroid dienone is 2. The van der Waals surface area contributed by atoms with Gasteiger partial charge in [0.1, 0.15) is 6.29 Å². The summed E-state index contributed by atoms with van der Waals surface area (Å²) in [6.07, 6.45) is 2.55. The highest BCUT2D eigenvalue weighted by atomic mass is 16.1. The smallest absolute Gasteiger partial charge is 0.190 e. The van der Waals surface area contributed by atoms with Crippen LogP contribution in [0.2, 0.25) is 0 Å². The predicted molar refractivity (Wildman–Crippen MR) is 63.0 cm³/mol. The molecule has 0 amide bonds. The van der Waals surface area contributed by atoms with Crippen LogP contribution in [-0.2, 0) is 4.79 Å². The molecule has 0 aromatic heterocycles. The van der Waals surface area contributed by atoms with E-state index >= 15 is 0 Å². The van der Waals surface area contributed by atoms with E-state index in [1.54, 1.807) is 24.3 Å². The number of hydrogen-bond acceptors (Lipinski definition) is 3. The summed E-state index contributed by atoms with van der Waals surface area (Å²) in [5.74, 6) is -0.894. The monoisotopic (exact) mass is 228 g/mol. The maximum atomic E-state index is 12.1. The Bertz CT molecular complexity index is 526. The van der Waals surface area contributed by atoms with Crippen molar-refractivity contribution in [3.05, 3.63) is 47.0 Å². The van der Waals surface area contributed by atoms with E-state index in [0.29, 0.717) is 23.1 Å². The van der Waals surface area contributed by atoms with Crippen molar-refractivity contribution < 1.29 is 14.4 Å². The van der Waals surface area contributed by atoms with Gasteiger partial charge in [0, 0.05) is 22.6 Å². The van der Waals surface area contributed by atoms with Crippen molar-refractivity contribution >= 4 is 17.9 Å². The number of Topliss-reactive ketones (excluding diaryl/α,β-unsaturated/α-hetero) is 1. The first-order valence-corrected chi connectivity index (χ1v) is 5.54. The molecule has 2 rings (SSSR count). The van der Waals surface area contributed by atoms with Crippen molar-refractivity contribution in [2.45, 2.75) is 13.3 Å². The van der Waals surface area contributed by atoms with E-state index in [1.165, 1.54) is 6.08 Å². The van der Waals surface area contributed by atoms with E-state index < -0.39 is 5.92 Å². The average Bonchev–Trinajstić information content (AvgIpc) is 2.37. The molecule has 0 saturated carbocycles. The minimum Gasteiger partial charge on any atom is -0.303 e. The molecule has 3 nitrogen and oxygen atoms in total. The Balaban J connectivity index is 2.52. The molecule has 0 bridgehead atoms. The van der Waals surface area contributed by atoms with Crippen molar-refractivity contribution in [2.75, 3.05) is 0 Å². The highest BCUT2D eigenvalue weighted by molar-refractivity contribution is 6.25. The van der Waals surface area contributed by atoms with Crippen molar-refractivity contribution in [1.82, 2.24) is 0 Å². The summed E-state index contributed by atoms with van der Waals surface area (Å²) in [7, 11) is 0. The zero-order valence-corrected chi connectivity index (χ0v) is 9.47. The van der Waals surface area contributed by atoms with Gasteiger partial charge in [-0.05, 0) is 12.5 Å². The fraction of sp³-hybridized carbons (Fsp3) is 0.214. The zero-order chi connectivity index (χ0) is 12.4. The van der Waals surface area contributed by atoms with E-state index in [-0.39, 0.29) is 11.6 Å². The minimum absolute atomic E-state index is 0.199. The summed E-state index contributed by atoms with van der Waals surface area (Å²) in [4.78, 5) is 34.9. The summed E-state index contributed by atoms with van der Waals surface area (Å²) < 4.78 is 0. The maximum Gasteiger partial charge on any atom is 0.190 e. The second-order valence-electron chi connectivity index (χ2n) is 3.99. The van der Waals surface area contributed by atoms with Crippen LogP contribution in [0.15, 0.2) is 35.9 Å². The van der Waals surface area contributed by atoms with Crippen molar-refractivity contribution in [2.24, 2.45) is 5.92 Å². The molecule has 0 N–H and O–H groups in total. The molecule has 0 aliphatic heterocycles. The quantitative estimate of drug-likeness (QED) is 0.745. The fourth-order valence-corrected chi connectivity index (χ4v) is 2.00. The van der Waals surface area contributed by atoms with Crippen molar-refractivity contribution in [3.63, 3.8) is 0 Å².